The van der Waals surface area contributed by atoms with Gasteiger partial charge in [0.1, 0.15) is 17.5 Å². The van der Waals surface area contributed by atoms with Crippen LogP contribution in [-0.4, -0.2) is 44.7 Å². The molecule has 0 bridgehead atoms. The summed E-state index contributed by atoms with van der Waals surface area (Å²) in [5.41, 5.74) is 2.42. The van der Waals surface area contributed by atoms with Crippen molar-refractivity contribution in [3.05, 3.63) is 78.6 Å². The van der Waals surface area contributed by atoms with Gasteiger partial charge in [-0.15, -0.1) is 0 Å². The Morgan fingerprint density at radius 1 is 1.00 bits per heavy atom. The zero-order valence-corrected chi connectivity index (χ0v) is 16.4. The average molecular weight is 400 g/mol. The summed E-state index contributed by atoms with van der Waals surface area (Å²) in [7, 11) is 1.87. The van der Waals surface area contributed by atoms with Crippen molar-refractivity contribution in [1.82, 2.24) is 19.6 Å². The minimum atomic E-state index is -0.00470. The predicted molar refractivity (Wildman–Crippen MR) is 111 cm³/mol. The highest BCUT2D eigenvalue weighted by atomic mass is 16.5. The molecule has 2 aromatic heterocycles. The summed E-state index contributed by atoms with van der Waals surface area (Å²) in [6.45, 7) is 1.16. The van der Waals surface area contributed by atoms with Gasteiger partial charge in [-0.2, -0.15) is 4.98 Å². The average Bonchev–Trinajstić information content (AvgIpc) is 3.40. The molecule has 150 valence electrons. The monoisotopic (exact) mass is 400 g/mol. The normalized spacial score (nSPS) is 13.8. The molecule has 7 nitrogen and oxygen atoms in total. The van der Waals surface area contributed by atoms with Crippen molar-refractivity contribution in [3.8, 4) is 28.6 Å². The minimum Gasteiger partial charge on any atom is -0.487 e. The number of amides is 1. The second kappa shape index (κ2) is 7.51. The Bertz CT molecular complexity index is 1160. The van der Waals surface area contributed by atoms with Crippen LogP contribution >= 0.6 is 0 Å². The highest BCUT2D eigenvalue weighted by Gasteiger charge is 2.33. The smallest absolute Gasteiger partial charge is 0.270 e. The molecule has 1 aliphatic rings. The van der Waals surface area contributed by atoms with Crippen molar-refractivity contribution < 1.29 is 14.1 Å². The summed E-state index contributed by atoms with van der Waals surface area (Å²) >= 11 is 0. The second-order valence-electron chi connectivity index (χ2n) is 7.27. The quantitative estimate of drug-likeness (QED) is 0.511. The summed E-state index contributed by atoms with van der Waals surface area (Å²) in [4.78, 5) is 18.7. The molecule has 1 fully saturated rings. The SMILES string of the molecule is Cn1cccc1C(=O)N1CC(Oc2ccc(-c3noc(-c4ccccc4)n3)cc2)C1. The second-order valence-corrected chi connectivity index (χ2v) is 7.27. The molecule has 0 spiro atoms. The van der Waals surface area contributed by atoms with Crippen LogP contribution in [0.4, 0.5) is 0 Å². The third kappa shape index (κ3) is 3.45. The number of aryl methyl sites for hydroxylation is 1. The van der Waals surface area contributed by atoms with Crippen molar-refractivity contribution in [1.29, 1.82) is 0 Å². The first kappa shape index (κ1) is 18.2. The standard InChI is InChI=1S/C23H20N4O3/c1-26-13-5-8-20(26)23(28)27-14-19(15-27)29-18-11-9-16(10-12-18)21-24-22(30-25-21)17-6-3-2-4-7-17/h2-13,19H,14-15H2,1H3. The van der Waals surface area contributed by atoms with Crippen LogP contribution in [0.25, 0.3) is 22.8 Å². The van der Waals surface area contributed by atoms with Crippen molar-refractivity contribution in [2.75, 3.05) is 13.1 Å². The number of aromatic nitrogens is 3. The van der Waals surface area contributed by atoms with Crippen LogP contribution in [0.15, 0.2) is 77.4 Å². The van der Waals surface area contributed by atoms with Crippen LogP contribution in [0, 0.1) is 0 Å². The first-order valence-electron chi connectivity index (χ1n) is 9.74. The summed E-state index contributed by atoms with van der Waals surface area (Å²) in [5.74, 6) is 1.80. The fourth-order valence-electron chi connectivity index (χ4n) is 3.44. The van der Waals surface area contributed by atoms with E-state index in [2.05, 4.69) is 10.1 Å². The summed E-state index contributed by atoms with van der Waals surface area (Å²) in [6, 6.07) is 20.9. The molecule has 7 heteroatoms. The Morgan fingerprint density at radius 3 is 2.47 bits per heavy atom. The predicted octanol–water partition coefficient (Wildman–Crippen LogP) is 3.65. The maximum Gasteiger partial charge on any atom is 0.270 e. The van der Waals surface area contributed by atoms with E-state index in [0.29, 0.717) is 30.5 Å². The number of rotatable bonds is 5. The number of carbonyl (C=O) groups excluding carboxylic acids is 1. The van der Waals surface area contributed by atoms with E-state index >= 15 is 0 Å². The third-order valence-electron chi connectivity index (χ3n) is 5.16. The molecule has 0 aliphatic carbocycles. The van der Waals surface area contributed by atoms with Gasteiger partial charge in [0, 0.05) is 24.4 Å². The number of ether oxygens (including phenoxy) is 1. The Kier molecular flexibility index (Phi) is 4.55. The van der Waals surface area contributed by atoms with Crippen molar-refractivity contribution in [2.45, 2.75) is 6.10 Å². The van der Waals surface area contributed by atoms with Gasteiger partial charge in [0.25, 0.3) is 11.8 Å². The zero-order valence-electron chi connectivity index (χ0n) is 16.4. The lowest BCUT2D eigenvalue weighted by molar-refractivity contribution is 0.0171. The molecule has 5 rings (SSSR count). The van der Waals surface area contributed by atoms with E-state index in [4.69, 9.17) is 9.26 Å². The van der Waals surface area contributed by atoms with Gasteiger partial charge in [-0.25, -0.2) is 0 Å². The fraction of sp³-hybridized carbons (Fsp3) is 0.174. The lowest BCUT2D eigenvalue weighted by Gasteiger charge is -2.39. The third-order valence-corrected chi connectivity index (χ3v) is 5.16. The van der Waals surface area contributed by atoms with Crippen LogP contribution in [-0.2, 0) is 7.05 Å². The Balaban J connectivity index is 1.19. The lowest BCUT2D eigenvalue weighted by Crippen LogP contribution is -2.56. The maximum atomic E-state index is 12.4. The number of nitrogens with zero attached hydrogens (tertiary/aromatic N) is 4. The Labute approximate surface area is 173 Å². The van der Waals surface area contributed by atoms with Crippen molar-refractivity contribution >= 4 is 5.91 Å². The van der Waals surface area contributed by atoms with Crippen LogP contribution < -0.4 is 4.74 Å². The van der Waals surface area contributed by atoms with Crippen LogP contribution in [0.3, 0.4) is 0 Å². The van der Waals surface area contributed by atoms with E-state index in [1.165, 1.54) is 0 Å². The van der Waals surface area contributed by atoms with E-state index in [1.807, 2.05) is 84.5 Å². The molecule has 0 saturated carbocycles. The van der Waals surface area contributed by atoms with Gasteiger partial charge in [0.05, 0.1) is 13.1 Å². The molecule has 1 aliphatic heterocycles. The van der Waals surface area contributed by atoms with E-state index in [0.717, 1.165) is 16.9 Å². The molecule has 1 saturated heterocycles. The molecule has 0 radical (unpaired) electrons. The van der Waals surface area contributed by atoms with Crippen LogP contribution in [0.2, 0.25) is 0 Å². The molecule has 3 heterocycles. The molecular weight excluding hydrogens is 380 g/mol. The largest absolute Gasteiger partial charge is 0.487 e. The molecule has 0 unspecified atom stereocenters. The number of likely N-dealkylation sites (tertiary alicyclic amines) is 1. The zero-order chi connectivity index (χ0) is 20.5. The van der Waals surface area contributed by atoms with Crippen LogP contribution in [0.1, 0.15) is 10.5 Å². The number of benzene rings is 2. The van der Waals surface area contributed by atoms with Crippen molar-refractivity contribution in [2.24, 2.45) is 7.05 Å². The van der Waals surface area contributed by atoms with E-state index in [1.54, 1.807) is 4.90 Å². The van der Waals surface area contributed by atoms with Gasteiger partial charge >= 0.3 is 0 Å². The van der Waals surface area contributed by atoms with Gasteiger partial charge in [-0.1, -0.05) is 23.4 Å². The van der Waals surface area contributed by atoms with Gasteiger partial charge in [-0.3, -0.25) is 4.79 Å². The maximum absolute atomic E-state index is 12.4. The summed E-state index contributed by atoms with van der Waals surface area (Å²) < 4.78 is 13.2. The lowest BCUT2D eigenvalue weighted by atomic mass is 10.1. The van der Waals surface area contributed by atoms with E-state index < -0.39 is 0 Å². The van der Waals surface area contributed by atoms with E-state index in [9.17, 15) is 4.79 Å². The summed E-state index contributed by atoms with van der Waals surface area (Å²) in [6.07, 6.45) is 1.87. The Hall–Kier alpha value is -3.87. The van der Waals surface area contributed by atoms with Gasteiger partial charge in [0.2, 0.25) is 5.82 Å². The summed E-state index contributed by atoms with van der Waals surface area (Å²) in [5, 5.41) is 4.07. The molecule has 30 heavy (non-hydrogen) atoms. The minimum absolute atomic E-state index is 0.00470. The fourth-order valence-corrected chi connectivity index (χ4v) is 3.44. The molecule has 2 aromatic carbocycles. The highest BCUT2D eigenvalue weighted by Crippen LogP contribution is 2.25. The van der Waals surface area contributed by atoms with Gasteiger partial charge < -0.3 is 18.7 Å². The molecular formula is C23H20N4O3. The Morgan fingerprint density at radius 2 is 1.77 bits per heavy atom. The molecule has 0 atom stereocenters. The number of carbonyl (C=O) groups is 1. The number of hydrogen-bond acceptors (Lipinski definition) is 5. The first-order valence-corrected chi connectivity index (χ1v) is 9.74. The highest BCUT2D eigenvalue weighted by molar-refractivity contribution is 5.93. The van der Waals surface area contributed by atoms with E-state index in [-0.39, 0.29) is 12.0 Å². The molecule has 0 N–H and O–H groups in total. The number of hydrogen-bond donors (Lipinski definition) is 0. The molecule has 1 amide bonds. The van der Waals surface area contributed by atoms with Crippen molar-refractivity contribution in [3.63, 3.8) is 0 Å². The first-order chi connectivity index (χ1) is 14.7. The van der Waals surface area contributed by atoms with Gasteiger partial charge in [0.15, 0.2) is 0 Å². The van der Waals surface area contributed by atoms with Crippen LogP contribution in [0.5, 0.6) is 5.75 Å². The van der Waals surface area contributed by atoms with Gasteiger partial charge in [-0.05, 0) is 48.5 Å². The molecule has 4 aromatic rings. The topological polar surface area (TPSA) is 73.4 Å².